The number of hydrogen-bond donors (Lipinski definition) is 1. The summed E-state index contributed by atoms with van der Waals surface area (Å²) in [5, 5.41) is 3.58. The largest absolute Gasteiger partial charge is 0.497 e. The number of anilines is 1. The molecule has 0 amide bonds. The van der Waals surface area contributed by atoms with Crippen LogP contribution >= 0.6 is 0 Å². The zero-order valence-corrected chi connectivity index (χ0v) is 11.2. The Morgan fingerprint density at radius 1 is 1.22 bits per heavy atom. The molecule has 1 fully saturated rings. The van der Waals surface area contributed by atoms with Crippen LogP contribution in [0.4, 0.5) is 5.69 Å². The molecule has 0 radical (unpaired) electrons. The van der Waals surface area contributed by atoms with Crippen LogP contribution in [0.15, 0.2) is 36.9 Å². The molecule has 1 saturated carbocycles. The van der Waals surface area contributed by atoms with Crippen molar-refractivity contribution in [3.8, 4) is 5.75 Å². The SMILES string of the molecule is C=C[C@H](Nc1ccc(OC)cc1)C1CCCCC1. The Hall–Kier alpha value is -1.44. The van der Waals surface area contributed by atoms with E-state index in [0.717, 1.165) is 17.4 Å². The number of methoxy groups -OCH3 is 1. The van der Waals surface area contributed by atoms with Crippen molar-refractivity contribution in [2.75, 3.05) is 12.4 Å². The van der Waals surface area contributed by atoms with E-state index in [1.807, 2.05) is 12.1 Å². The second-order valence-corrected chi connectivity index (χ2v) is 5.03. The molecule has 0 aliphatic heterocycles. The van der Waals surface area contributed by atoms with Crippen LogP contribution in [0.5, 0.6) is 5.75 Å². The second kappa shape index (κ2) is 6.48. The highest BCUT2D eigenvalue weighted by molar-refractivity contribution is 5.47. The Kier molecular flexibility index (Phi) is 4.68. The highest BCUT2D eigenvalue weighted by Gasteiger charge is 2.20. The van der Waals surface area contributed by atoms with Crippen molar-refractivity contribution in [3.05, 3.63) is 36.9 Å². The van der Waals surface area contributed by atoms with Crippen LogP contribution in [0.2, 0.25) is 0 Å². The topological polar surface area (TPSA) is 21.3 Å². The smallest absolute Gasteiger partial charge is 0.119 e. The molecule has 1 aromatic carbocycles. The molecule has 18 heavy (non-hydrogen) atoms. The van der Waals surface area contributed by atoms with E-state index in [9.17, 15) is 0 Å². The van der Waals surface area contributed by atoms with Crippen molar-refractivity contribution in [1.82, 2.24) is 0 Å². The van der Waals surface area contributed by atoms with E-state index in [1.54, 1.807) is 7.11 Å². The third-order valence-corrected chi connectivity index (χ3v) is 3.83. The van der Waals surface area contributed by atoms with Crippen LogP contribution in [-0.2, 0) is 0 Å². The zero-order chi connectivity index (χ0) is 12.8. The van der Waals surface area contributed by atoms with Crippen molar-refractivity contribution < 1.29 is 4.74 Å². The van der Waals surface area contributed by atoms with Crippen LogP contribution in [0.1, 0.15) is 32.1 Å². The zero-order valence-electron chi connectivity index (χ0n) is 11.2. The van der Waals surface area contributed by atoms with Crippen LogP contribution in [0, 0.1) is 5.92 Å². The average Bonchev–Trinajstić information content (AvgIpc) is 2.46. The fourth-order valence-corrected chi connectivity index (χ4v) is 2.74. The summed E-state index contributed by atoms with van der Waals surface area (Å²) in [6, 6.07) is 8.50. The molecule has 1 aliphatic carbocycles. The minimum Gasteiger partial charge on any atom is -0.497 e. The lowest BCUT2D eigenvalue weighted by molar-refractivity contribution is 0.343. The van der Waals surface area contributed by atoms with Crippen molar-refractivity contribution in [2.45, 2.75) is 38.1 Å². The maximum Gasteiger partial charge on any atom is 0.119 e. The van der Waals surface area contributed by atoms with Gasteiger partial charge in [0.25, 0.3) is 0 Å². The highest BCUT2D eigenvalue weighted by Crippen LogP contribution is 2.29. The molecule has 2 heteroatoms. The van der Waals surface area contributed by atoms with Gasteiger partial charge in [0.05, 0.1) is 7.11 Å². The Balaban J connectivity index is 1.97. The van der Waals surface area contributed by atoms with Gasteiger partial charge in [0.15, 0.2) is 0 Å². The molecule has 0 aromatic heterocycles. The summed E-state index contributed by atoms with van der Waals surface area (Å²) >= 11 is 0. The van der Waals surface area contributed by atoms with Crippen LogP contribution in [-0.4, -0.2) is 13.2 Å². The molecule has 0 heterocycles. The molecular formula is C16H23NO. The van der Waals surface area contributed by atoms with Gasteiger partial charge in [-0.15, -0.1) is 6.58 Å². The monoisotopic (exact) mass is 245 g/mol. The van der Waals surface area contributed by atoms with Crippen molar-refractivity contribution in [3.63, 3.8) is 0 Å². The predicted molar refractivity (Wildman–Crippen MR) is 77.2 cm³/mol. The van der Waals surface area contributed by atoms with Gasteiger partial charge in [-0.25, -0.2) is 0 Å². The molecule has 0 unspecified atom stereocenters. The summed E-state index contributed by atoms with van der Waals surface area (Å²) in [5.41, 5.74) is 1.14. The number of rotatable bonds is 5. The first-order valence-corrected chi connectivity index (χ1v) is 6.86. The van der Waals surface area contributed by atoms with Crippen LogP contribution < -0.4 is 10.1 Å². The van der Waals surface area contributed by atoms with Crippen molar-refractivity contribution in [1.29, 1.82) is 0 Å². The minimum atomic E-state index is 0.388. The lowest BCUT2D eigenvalue weighted by Crippen LogP contribution is -2.28. The summed E-state index contributed by atoms with van der Waals surface area (Å²) in [7, 11) is 1.69. The van der Waals surface area contributed by atoms with Gasteiger partial charge < -0.3 is 10.1 Å². The highest BCUT2D eigenvalue weighted by atomic mass is 16.5. The van der Waals surface area contributed by atoms with Gasteiger partial charge in [-0.05, 0) is 43.0 Å². The number of hydrogen-bond acceptors (Lipinski definition) is 2. The molecule has 98 valence electrons. The summed E-state index contributed by atoms with van der Waals surface area (Å²) in [5.74, 6) is 1.63. The van der Waals surface area contributed by atoms with E-state index in [2.05, 4.69) is 30.1 Å². The molecule has 1 aliphatic rings. The van der Waals surface area contributed by atoms with Gasteiger partial charge in [0, 0.05) is 11.7 Å². The lowest BCUT2D eigenvalue weighted by Gasteiger charge is -2.29. The molecule has 2 nitrogen and oxygen atoms in total. The molecule has 1 N–H and O–H groups in total. The van der Waals surface area contributed by atoms with E-state index in [4.69, 9.17) is 4.74 Å². The molecule has 1 atom stereocenters. The lowest BCUT2D eigenvalue weighted by atomic mass is 9.84. The fraction of sp³-hybridized carbons (Fsp3) is 0.500. The Morgan fingerprint density at radius 2 is 1.89 bits per heavy atom. The molecule has 0 bridgehead atoms. The molecular weight excluding hydrogens is 222 g/mol. The fourth-order valence-electron chi connectivity index (χ4n) is 2.74. The summed E-state index contributed by atoms with van der Waals surface area (Å²) in [6.07, 6.45) is 8.81. The van der Waals surface area contributed by atoms with Gasteiger partial charge in [-0.2, -0.15) is 0 Å². The van der Waals surface area contributed by atoms with E-state index in [-0.39, 0.29) is 0 Å². The number of nitrogens with one attached hydrogen (secondary N) is 1. The Labute approximate surface area is 110 Å². The second-order valence-electron chi connectivity index (χ2n) is 5.03. The Bertz CT molecular complexity index is 365. The van der Waals surface area contributed by atoms with Gasteiger partial charge >= 0.3 is 0 Å². The van der Waals surface area contributed by atoms with Crippen molar-refractivity contribution >= 4 is 5.69 Å². The van der Waals surface area contributed by atoms with E-state index >= 15 is 0 Å². The maximum absolute atomic E-state index is 5.17. The van der Waals surface area contributed by atoms with E-state index < -0.39 is 0 Å². The van der Waals surface area contributed by atoms with Gasteiger partial charge in [0.1, 0.15) is 5.75 Å². The molecule has 0 saturated heterocycles. The van der Waals surface area contributed by atoms with E-state index in [1.165, 1.54) is 32.1 Å². The summed E-state index contributed by atoms with van der Waals surface area (Å²) in [4.78, 5) is 0. The molecule has 0 spiro atoms. The summed E-state index contributed by atoms with van der Waals surface area (Å²) < 4.78 is 5.17. The van der Waals surface area contributed by atoms with Gasteiger partial charge in [-0.3, -0.25) is 0 Å². The number of ether oxygens (including phenoxy) is 1. The van der Waals surface area contributed by atoms with Crippen molar-refractivity contribution in [2.24, 2.45) is 5.92 Å². The predicted octanol–water partition coefficient (Wildman–Crippen LogP) is 4.24. The quantitative estimate of drug-likeness (QED) is 0.783. The standard InChI is InChI=1S/C16H23NO/c1-3-16(13-7-5-4-6-8-13)17-14-9-11-15(18-2)12-10-14/h3,9-13,16-17H,1,4-8H2,2H3/t16-/m0/s1. The van der Waals surface area contributed by atoms with E-state index in [0.29, 0.717) is 6.04 Å². The number of benzene rings is 1. The molecule has 1 aromatic rings. The third kappa shape index (κ3) is 3.28. The van der Waals surface area contributed by atoms with Gasteiger partial charge in [-0.1, -0.05) is 25.3 Å². The summed E-state index contributed by atoms with van der Waals surface area (Å²) in [6.45, 7) is 3.98. The first kappa shape index (κ1) is 13.0. The van der Waals surface area contributed by atoms with Crippen LogP contribution in [0.25, 0.3) is 0 Å². The maximum atomic E-state index is 5.17. The average molecular weight is 245 g/mol. The first-order valence-electron chi connectivity index (χ1n) is 6.86. The first-order chi connectivity index (χ1) is 8.83. The third-order valence-electron chi connectivity index (χ3n) is 3.83. The van der Waals surface area contributed by atoms with Crippen LogP contribution in [0.3, 0.4) is 0 Å². The Morgan fingerprint density at radius 3 is 2.44 bits per heavy atom. The normalized spacial score (nSPS) is 18.1. The minimum absolute atomic E-state index is 0.388. The molecule has 2 rings (SSSR count). The van der Waals surface area contributed by atoms with Gasteiger partial charge in [0.2, 0.25) is 0 Å².